The molecule has 15 heavy (non-hydrogen) atoms. The summed E-state index contributed by atoms with van der Waals surface area (Å²) in [6.45, 7) is 4.41. The molecule has 0 spiro atoms. The molecule has 0 aliphatic carbocycles. The normalized spacial score (nSPS) is 10.0. The van der Waals surface area contributed by atoms with E-state index in [9.17, 15) is 4.79 Å². The number of carbonyl (C=O) groups is 1. The first-order valence-electron chi connectivity index (χ1n) is 5.48. The molecule has 0 aromatic heterocycles. The van der Waals surface area contributed by atoms with Crippen LogP contribution in [0.25, 0.3) is 0 Å². The van der Waals surface area contributed by atoms with Crippen molar-refractivity contribution in [2.45, 2.75) is 33.1 Å². The van der Waals surface area contributed by atoms with Crippen LogP contribution in [0.2, 0.25) is 0 Å². The van der Waals surface area contributed by atoms with Crippen LogP contribution in [0.4, 0.5) is 0 Å². The van der Waals surface area contributed by atoms with E-state index in [1.54, 1.807) is 13.0 Å². The predicted molar refractivity (Wildman–Crippen MR) is 61.5 cm³/mol. The maximum atomic E-state index is 11.3. The Hall–Kier alpha value is -1.31. The molecule has 1 rings (SSSR count). The molecule has 0 fully saturated rings. The summed E-state index contributed by atoms with van der Waals surface area (Å²) in [5.74, 6) is 0.766. The van der Waals surface area contributed by atoms with Crippen LogP contribution in [0.15, 0.2) is 24.3 Å². The van der Waals surface area contributed by atoms with Crippen LogP contribution in [-0.4, -0.2) is 12.4 Å². The number of Topliss-reactive ketones (excluding diaryl/α,β-unsaturated/α-hetero) is 1. The third-order valence-electron chi connectivity index (χ3n) is 2.27. The molecule has 1 aromatic rings. The van der Waals surface area contributed by atoms with Crippen LogP contribution in [0.3, 0.4) is 0 Å². The van der Waals surface area contributed by atoms with E-state index >= 15 is 0 Å². The fraction of sp³-hybridized carbons (Fsp3) is 0.462. The standard InChI is InChI=1S/C13H18O2/c1-3-4-7-10-15-13-9-6-5-8-12(13)11(2)14/h5-6,8-9H,3-4,7,10H2,1-2H3. The Morgan fingerprint density at radius 3 is 2.67 bits per heavy atom. The van der Waals surface area contributed by atoms with Gasteiger partial charge in [-0.25, -0.2) is 0 Å². The molecular weight excluding hydrogens is 188 g/mol. The van der Waals surface area contributed by atoms with Gasteiger partial charge in [0.15, 0.2) is 5.78 Å². The fourth-order valence-corrected chi connectivity index (χ4v) is 1.42. The Labute approximate surface area is 91.3 Å². The molecule has 0 amide bonds. The van der Waals surface area contributed by atoms with E-state index in [2.05, 4.69) is 6.92 Å². The molecule has 2 heteroatoms. The fourth-order valence-electron chi connectivity index (χ4n) is 1.42. The summed E-state index contributed by atoms with van der Waals surface area (Å²) in [6.07, 6.45) is 3.39. The van der Waals surface area contributed by atoms with Crippen molar-refractivity contribution >= 4 is 5.78 Å². The lowest BCUT2D eigenvalue weighted by Crippen LogP contribution is -2.02. The first kappa shape index (κ1) is 11.8. The molecule has 0 saturated carbocycles. The maximum absolute atomic E-state index is 11.3. The quantitative estimate of drug-likeness (QED) is 0.526. The van der Waals surface area contributed by atoms with Crippen LogP contribution >= 0.6 is 0 Å². The lowest BCUT2D eigenvalue weighted by Gasteiger charge is -2.08. The largest absolute Gasteiger partial charge is 0.493 e. The van der Waals surface area contributed by atoms with Gasteiger partial charge in [0.2, 0.25) is 0 Å². The van der Waals surface area contributed by atoms with Gasteiger partial charge in [-0.05, 0) is 25.5 Å². The average molecular weight is 206 g/mol. The van der Waals surface area contributed by atoms with E-state index in [0.717, 1.165) is 6.42 Å². The second-order valence-electron chi connectivity index (χ2n) is 3.61. The minimum Gasteiger partial charge on any atom is -0.493 e. The molecule has 2 nitrogen and oxygen atoms in total. The van der Waals surface area contributed by atoms with Crippen LogP contribution in [0, 0.1) is 0 Å². The molecule has 82 valence electrons. The number of rotatable bonds is 6. The van der Waals surface area contributed by atoms with Gasteiger partial charge < -0.3 is 4.74 Å². The predicted octanol–water partition coefficient (Wildman–Crippen LogP) is 3.46. The van der Waals surface area contributed by atoms with Crippen molar-refractivity contribution in [2.24, 2.45) is 0 Å². The monoisotopic (exact) mass is 206 g/mol. The Morgan fingerprint density at radius 2 is 2.00 bits per heavy atom. The van der Waals surface area contributed by atoms with Gasteiger partial charge in [0, 0.05) is 0 Å². The summed E-state index contributed by atoms with van der Waals surface area (Å²) in [4.78, 5) is 11.3. The summed E-state index contributed by atoms with van der Waals surface area (Å²) in [6, 6.07) is 7.40. The lowest BCUT2D eigenvalue weighted by atomic mass is 10.1. The zero-order chi connectivity index (χ0) is 11.1. The smallest absolute Gasteiger partial charge is 0.163 e. The van der Waals surface area contributed by atoms with Crippen LogP contribution in [0.1, 0.15) is 43.5 Å². The minimum atomic E-state index is 0.0566. The first-order valence-corrected chi connectivity index (χ1v) is 5.48. The Morgan fingerprint density at radius 1 is 1.27 bits per heavy atom. The molecule has 1 aromatic carbocycles. The first-order chi connectivity index (χ1) is 7.25. The molecule has 0 atom stereocenters. The SMILES string of the molecule is CCCCCOc1ccccc1C(C)=O. The highest BCUT2D eigenvalue weighted by Gasteiger charge is 2.06. The summed E-state index contributed by atoms with van der Waals surface area (Å²) < 4.78 is 5.58. The number of carbonyl (C=O) groups excluding carboxylic acids is 1. The Bertz CT molecular complexity index is 318. The number of unbranched alkanes of at least 4 members (excludes halogenated alkanes) is 2. The van der Waals surface area contributed by atoms with Crippen molar-refractivity contribution in [3.63, 3.8) is 0 Å². The summed E-state index contributed by atoms with van der Waals surface area (Å²) in [5, 5.41) is 0. The maximum Gasteiger partial charge on any atom is 0.163 e. The highest BCUT2D eigenvalue weighted by Crippen LogP contribution is 2.18. The van der Waals surface area contributed by atoms with E-state index in [1.165, 1.54) is 12.8 Å². The Kier molecular flexibility index (Phi) is 4.88. The molecule has 0 aliphatic rings. The molecule has 0 aliphatic heterocycles. The van der Waals surface area contributed by atoms with Crippen LogP contribution < -0.4 is 4.74 Å². The topological polar surface area (TPSA) is 26.3 Å². The molecular formula is C13H18O2. The van der Waals surface area contributed by atoms with Crippen molar-refractivity contribution in [1.82, 2.24) is 0 Å². The third kappa shape index (κ3) is 3.74. The number of hydrogen-bond donors (Lipinski definition) is 0. The summed E-state index contributed by atoms with van der Waals surface area (Å²) in [5.41, 5.74) is 0.675. The molecule has 0 bridgehead atoms. The molecule has 0 saturated heterocycles. The number of para-hydroxylation sites is 1. The van der Waals surface area contributed by atoms with Crippen LogP contribution in [-0.2, 0) is 0 Å². The van der Waals surface area contributed by atoms with Gasteiger partial charge in [-0.3, -0.25) is 4.79 Å². The highest BCUT2D eigenvalue weighted by atomic mass is 16.5. The summed E-state index contributed by atoms with van der Waals surface area (Å²) >= 11 is 0. The minimum absolute atomic E-state index is 0.0566. The van der Waals surface area contributed by atoms with Crippen molar-refractivity contribution < 1.29 is 9.53 Å². The zero-order valence-electron chi connectivity index (χ0n) is 9.45. The molecule has 0 radical (unpaired) electrons. The number of hydrogen-bond acceptors (Lipinski definition) is 2. The van der Waals surface area contributed by atoms with E-state index in [4.69, 9.17) is 4.74 Å². The number of ether oxygens (including phenoxy) is 1. The van der Waals surface area contributed by atoms with Crippen molar-refractivity contribution in [1.29, 1.82) is 0 Å². The van der Waals surface area contributed by atoms with Crippen molar-refractivity contribution in [3.8, 4) is 5.75 Å². The zero-order valence-corrected chi connectivity index (χ0v) is 9.45. The van der Waals surface area contributed by atoms with E-state index in [0.29, 0.717) is 17.9 Å². The number of ketones is 1. The van der Waals surface area contributed by atoms with E-state index in [1.807, 2.05) is 18.2 Å². The second-order valence-corrected chi connectivity index (χ2v) is 3.61. The highest BCUT2D eigenvalue weighted by molar-refractivity contribution is 5.96. The van der Waals surface area contributed by atoms with E-state index in [-0.39, 0.29) is 5.78 Å². The molecule has 0 heterocycles. The average Bonchev–Trinajstić information content (AvgIpc) is 2.25. The summed E-state index contributed by atoms with van der Waals surface area (Å²) in [7, 11) is 0. The van der Waals surface area contributed by atoms with Gasteiger partial charge in [0.1, 0.15) is 5.75 Å². The van der Waals surface area contributed by atoms with Gasteiger partial charge in [0.25, 0.3) is 0 Å². The second kappa shape index (κ2) is 6.23. The van der Waals surface area contributed by atoms with Crippen molar-refractivity contribution in [3.05, 3.63) is 29.8 Å². The van der Waals surface area contributed by atoms with Gasteiger partial charge in [-0.1, -0.05) is 31.9 Å². The van der Waals surface area contributed by atoms with Gasteiger partial charge in [-0.15, -0.1) is 0 Å². The van der Waals surface area contributed by atoms with E-state index < -0.39 is 0 Å². The van der Waals surface area contributed by atoms with Crippen molar-refractivity contribution in [2.75, 3.05) is 6.61 Å². The van der Waals surface area contributed by atoms with Gasteiger partial charge in [0.05, 0.1) is 12.2 Å². The number of benzene rings is 1. The van der Waals surface area contributed by atoms with Crippen LogP contribution in [0.5, 0.6) is 5.75 Å². The Balaban J connectivity index is 2.56. The van der Waals surface area contributed by atoms with Gasteiger partial charge in [-0.2, -0.15) is 0 Å². The third-order valence-corrected chi connectivity index (χ3v) is 2.27. The van der Waals surface area contributed by atoms with Gasteiger partial charge >= 0.3 is 0 Å². The molecule has 0 unspecified atom stereocenters. The lowest BCUT2D eigenvalue weighted by molar-refractivity contribution is 0.101. The molecule has 0 N–H and O–H groups in total.